The number of hydrogen-bond acceptors (Lipinski definition) is 4. The maximum absolute atomic E-state index is 6.71. The van der Waals surface area contributed by atoms with Gasteiger partial charge in [0.25, 0.3) is 0 Å². The molecule has 0 aromatic carbocycles. The van der Waals surface area contributed by atoms with Crippen molar-refractivity contribution in [3.8, 4) is 0 Å². The Morgan fingerprint density at radius 2 is 1.52 bits per heavy atom. The summed E-state index contributed by atoms with van der Waals surface area (Å²) in [6.07, 6.45) is 4.85. The first-order valence-corrected chi connectivity index (χ1v) is 11.5. The highest BCUT2D eigenvalue weighted by molar-refractivity contribution is 6.60. The molecule has 0 saturated heterocycles. The monoisotopic (exact) mass is 347 g/mol. The van der Waals surface area contributed by atoms with Crippen molar-refractivity contribution in [2.45, 2.75) is 92.3 Å². The topological polar surface area (TPSA) is 53.7 Å². The van der Waals surface area contributed by atoms with Crippen molar-refractivity contribution in [1.29, 1.82) is 0 Å². The van der Waals surface area contributed by atoms with Crippen LogP contribution in [-0.4, -0.2) is 27.7 Å². The predicted molar refractivity (Wildman–Crippen MR) is 100 cm³/mol. The lowest BCUT2D eigenvalue weighted by Crippen LogP contribution is -2.57. The molecule has 0 heterocycles. The van der Waals surface area contributed by atoms with E-state index in [1.165, 1.54) is 0 Å². The molecule has 0 rings (SSSR count). The number of hydrogen-bond donors (Lipinski definition) is 1. The van der Waals surface area contributed by atoms with Crippen LogP contribution in [-0.2, 0) is 13.3 Å². The fourth-order valence-corrected chi connectivity index (χ4v) is 6.34. The van der Waals surface area contributed by atoms with Crippen LogP contribution in [0.4, 0.5) is 0 Å². The third-order valence-electron chi connectivity index (χ3n) is 3.88. The molecule has 0 aromatic rings. The van der Waals surface area contributed by atoms with Crippen LogP contribution < -0.4 is 5.73 Å². The Kier molecular flexibility index (Phi) is 11.6. The smallest absolute Gasteiger partial charge is 0.374 e. The maximum Gasteiger partial charge on any atom is 0.502 e. The van der Waals surface area contributed by atoms with E-state index in [1.807, 2.05) is 13.8 Å². The third-order valence-corrected chi connectivity index (χ3v) is 7.17. The van der Waals surface area contributed by atoms with Gasteiger partial charge in [-0.05, 0) is 44.9 Å². The molecule has 0 fully saturated rings. The van der Waals surface area contributed by atoms with Gasteiger partial charge in [-0.2, -0.15) is 0 Å². The molecule has 0 saturated carbocycles. The van der Waals surface area contributed by atoms with Crippen LogP contribution in [0.1, 0.15) is 80.6 Å². The summed E-state index contributed by atoms with van der Waals surface area (Å²) < 4.78 is 18.6. The van der Waals surface area contributed by atoms with Crippen molar-refractivity contribution < 1.29 is 13.3 Å². The molecule has 0 aliphatic heterocycles. The van der Waals surface area contributed by atoms with E-state index in [-0.39, 0.29) is 0 Å². The first-order valence-electron chi connectivity index (χ1n) is 9.53. The summed E-state index contributed by atoms with van der Waals surface area (Å²) in [5, 5.41) is 0. The van der Waals surface area contributed by atoms with Gasteiger partial charge < -0.3 is 19.0 Å². The van der Waals surface area contributed by atoms with Crippen LogP contribution in [0.25, 0.3) is 0 Å². The molecule has 0 aromatic heterocycles. The Morgan fingerprint density at radius 1 is 0.957 bits per heavy atom. The van der Waals surface area contributed by atoms with Crippen molar-refractivity contribution in [3.63, 3.8) is 0 Å². The summed E-state index contributed by atoms with van der Waals surface area (Å²) in [6, 6.07) is 0.829. The minimum atomic E-state index is -2.70. The Balaban J connectivity index is 5.19. The molecule has 140 valence electrons. The van der Waals surface area contributed by atoms with Crippen LogP contribution in [0.3, 0.4) is 0 Å². The average molecular weight is 348 g/mol. The standard InChI is InChI=1S/C18H41NO3Si/c1-8-12-18(19,15-17(7)14-16(5)6)22-23(13-9-2,20-10-3)21-11-4/h16-17H,8-15,19H2,1-7H3. The Hall–Kier alpha value is 0.0569. The normalized spacial score (nSPS) is 16.6. The van der Waals surface area contributed by atoms with Crippen LogP contribution >= 0.6 is 0 Å². The highest BCUT2D eigenvalue weighted by atomic mass is 28.4. The highest BCUT2D eigenvalue weighted by Crippen LogP contribution is 2.31. The van der Waals surface area contributed by atoms with Gasteiger partial charge in [0.1, 0.15) is 5.72 Å². The first kappa shape index (κ1) is 23.1. The maximum atomic E-state index is 6.71. The van der Waals surface area contributed by atoms with E-state index in [4.69, 9.17) is 19.0 Å². The summed E-state index contributed by atoms with van der Waals surface area (Å²) in [4.78, 5) is 0. The van der Waals surface area contributed by atoms with Gasteiger partial charge in [-0.25, -0.2) is 0 Å². The van der Waals surface area contributed by atoms with Gasteiger partial charge in [-0.1, -0.05) is 47.5 Å². The molecule has 0 aliphatic rings. The summed E-state index contributed by atoms with van der Waals surface area (Å²) >= 11 is 0. The Morgan fingerprint density at radius 3 is 1.91 bits per heavy atom. The molecule has 5 heteroatoms. The van der Waals surface area contributed by atoms with Crippen LogP contribution in [0.15, 0.2) is 0 Å². The van der Waals surface area contributed by atoms with Crippen LogP contribution in [0, 0.1) is 11.8 Å². The van der Waals surface area contributed by atoms with E-state index in [0.717, 1.165) is 38.1 Å². The van der Waals surface area contributed by atoms with Crippen LogP contribution in [0.5, 0.6) is 0 Å². The van der Waals surface area contributed by atoms with Gasteiger partial charge in [0.05, 0.1) is 0 Å². The molecule has 0 bridgehead atoms. The first-order chi connectivity index (χ1) is 10.8. The molecule has 4 nitrogen and oxygen atoms in total. The molecular weight excluding hydrogens is 306 g/mol. The van der Waals surface area contributed by atoms with Crippen molar-refractivity contribution in [2.75, 3.05) is 13.2 Å². The van der Waals surface area contributed by atoms with Gasteiger partial charge in [0.2, 0.25) is 0 Å². The van der Waals surface area contributed by atoms with Crippen LogP contribution in [0.2, 0.25) is 6.04 Å². The SMILES string of the molecule is CCCC(N)(CC(C)CC(C)C)O[Si](CCC)(OCC)OCC. The summed E-state index contributed by atoms with van der Waals surface area (Å²) in [7, 11) is -2.70. The fourth-order valence-electron chi connectivity index (χ4n) is 3.45. The van der Waals surface area contributed by atoms with Crippen molar-refractivity contribution in [2.24, 2.45) is 17.6 Å². The third kappa shape index (κ3) is 9.20. The van der Waals surface area contributed by atoms with Gasteiger partial charge in [-0.3, -0.25) is 0 Å². The minimum Gasteiger partial charge on any atom is -0.374 e. The average Bonchev–Trinajstić information content (AvgIpc) is 2.37. The number of nitrogens with two attached hydrogens (primary N) is 1. The molecule has 2 atom stereocenters. The van der Waals surface area contributed by atoms with Gasteiger partial charge >= 0.3 is 8.80 Å². The molecule has 23 heavy (non-hydrogen) atoms. The molecule has 0 spiro atoms. The van der Waals surface area contributed by atoms with E-state index in [1.54, 1.807) is 0 Å². The largest absolute Gasteiger partial charge is 0.502 e. The zero-order valence-corrected chi connectivity index (χ0v) is 17.6. The zero-order valence-electron chi connectivity index (χ0n) is 16.6. The highest BCUT2D eigenvalue weighted by Gasteiger charge is 2.46. The van der Waals surface area contributed by atoms with Crippen molar-refractivity contribution >= 4 is 8.80 Å². The molecule has 2 unspecified atom stereocenters. The van der Waals surface area contributed by atoms with E-state index in [9.17, 15) is 0 Å². The second kappa shape index (κ2) is 11.6. The van der Waals surface area contributed by atoms with E-state index in [2.05, 4.69) is 34.6 Å². The van der Waals surface area contributed by atoms with E-state index >= 15 is 0 Å². The Bertz CT molecular complexity index is 285. The zero-order chi connectivity index (χ0) is 17.9. The lowest BCUT2D eigenvalue weighted by Gasteiger charge is -2.40. The molecule has 2 N–H and O–H groups in total. The molecule has 0 aliphatic carbocycles. The lowest BCUT2D eigenvalue weighted by molar-refractivity contribution is -0.0454. The molecular formula is C18H41NO3Si. The summed E-state index contributed by atoms with van der Waals surface area (Å²) in [6.45, 7) is 16.3. The van der Waals surface area contributed by atoms with Gasteiger partial charge in [0, 0.05) is 19.3 Å². The van der Waals surface area contributed by atoms with E-state index < -0.39 is 14.5 Å². The van der Waals surface area contributed by atoms with Crippen molar-refractivity contribution in [3.05, 3.63) is 0 Å². The summed E-state index contributed by atoms with van der Waals surface area (Å²) in [5.41, 5.74) is 6.07. The molecule has 0 radical (unpaired) electrons. The second-order valence-electron chi connectivity index (χ2n) is 7.15. The predicted octanol–water partition coefficient (Wildman–Crippen LogP) is 4.95. The Labute approximate surface area is 145 Å². The number of rotatable bonds is 14. The van der Waals surface area contributed by atoms with Gasteiger partial charge in [0.15, 0.2) is 0 Å². The molecule has 0 amide bonds. The summed E-state index contributed by atoms with van der Waals surface area (Å²) in [5.74, 6) is 1.20. The van der Waals surface area contributed by atoms with Crippen molar-refractivity contribution in [1.82, 2.24) is 0 Å². The van der Waals surface area contributed by atoms with Gasteiger partial charge in [-0.15, -0.1) is 0 Å². The quantitative estimate of drug-likeness (QED) is 0.357. The second-order valence-corrected chi connectivity index (χ2v) is 9.80. The fraction of sp³-hybridized carbons (Fsp3) is 1.00. The minimum absolute atomic E-state index is 0.531. The van der Waals surface area contributed by atoms with E-state index in [0.29, 0.717) is 25.0 Å². The lowest BCUT2D eigenvalue weighted by atomic mass is 9.89.